The molecule has 1 amide bonds. The molecule has 1 aliphatic rings. The van der Waals surface area contributed by atoms with Crippen molar-refractivity contribution in [1.29, 1.82) is 0 Å². The van der Waals surface area contributed by atoms with Crippen LogP contribution in [0.15, 0.2) is 24.3 Å². The number of sulfone groups is 1. The summed E-state index contributed by atoms with van der Waals surface area (Å²) >= 11 is 0. The van der Waals surface area contributed by atoms with Gasteiger partial charge in [-0.3, -0.25) is 4.79 Å². The first-order chi connectivity index (χ1) is 13.7. The summed E-state index contributed by atoms with van der Waals surface area (Å²) in [5.41, 5.74) is 1.48. The lowest BCUT2D eigenvalue weighted by Gasteiger charge is -2.34. The van der Waals surface area contributed by atoms with Gasteiger partial charge in [-0.2, -0.15) is 0 Å². The number of hydrogen-bond donors (Lipinski definition) is 1. The molecule has 2 aromatic rings. The molecular formula is C21H32N4O3S. The van der Waals surface area contributed by atoms with Crippen LogP contribution in [0.3, 0.4) is 0 Å². The Morgan fingerprint density at radius 3 is 2.59 bits per heavy atom. The third kappa shape index (κ3) is 6.27. The van der Waals surface area contributed by atoms with Gasteiger partial charge in [0.1, 0.15) is 18.1 Å². The maximum absolute atomic E-state index is 12.5. The first-order valence-corrected chi connectivity index (χ1v) is 12.4. The molecular weight excluding hydrogens is 388 g/mol. The van der Waals surface area contributed by atoms with E-state index in [1.54, 1.807) is 4.57 Å². The summed E-state index contributed by atoms with van der Waals surface area (Å²) in [5.74, 6) is 1.57. The zero-order chi connectivity index (χ0) is 21.0. The average Bonchev–Trinajstić information content (AvgIpc) is 2.93. The number of carbonyl (C=O) groups is 1. The SMILES string of the molecule is CC1CC(C)CN(CCCNC(=O)Cn2c(CS(C)(=O)=O)nc3ccccc32)C1. The number of fused-ring (bicyclic) bond motifs is 1. The van der Waals surface area contributed by atoms with Crippen LogP contribution in [0.2, 0.25) is 0 Å². The van der Waals surface area contributed by atoms with Gasteiger partial charge in [-0.1, -0.05) is 26.0 Å². The Morgan fingerprint density at radius 2 is 1.90 bits per heavy atom. The zero-order valence-corrected chi connectivity index (χ0v) is 18.4. The van der Waals surface area contributed by atoms with Crippen LogP contribution in [0.25, 0.3) is 11.0 Å². The predicted octanol–water partition coefficient (Wildman–Crippen LogP) is 2.07. The van der Waals surface area contributed by atoms with E-state index in [-0.39, 0.29) is 18.2 Å². The molecule has 1 saturated heterocycles. The molecule has 0 saturated carbocycles. The number of hydrogen-bond acceptors (Lipinski definition) is 5. The van der Waals surface area contributed by atoms with Crippen molar-refractivity contribution in [3.05, 3.63) is 30.1 Å². The van der Waals surface area contributed by atoms with Gasteiger partial charge in [-0.25, -0.2) is 13.4 Å². The van der Waals surface area contributed by atoms with Crippen LogP contribution in [0.4, 0.5) is 0 Å². The lowest BCUT2D eigenvalue weighted by atomic mass is 9.92. The number of rotatable bonds is 8. The van der Waals surface area contributed by atoms with Crippen molar-refractivity contribution in [3.8, 4) is 0 Å². The lowest BCUT2D eigenvalue weighted by Crippen LogP contribution is -2.40. The molecule has 29 heavy (non-hydrogen) atoms. The second-order valence-corrected chi connectivity index (χ2v) is 10.7. The van der Waals surface area contributed by atoms with Crippen molar-refractivity contribution >= 4 is 26.8 Å². The summed E-state index contributed by atoms with van der Waals surface area (Å²) in [6.07, 6.45) is 3.38. The fourth-order valence-electron chi connectivity index (χ4n) is 4.35. The van der Waals surface area contributed by atoms with Gasteiger partial charge in [0.05, 0.1) is 11.0 Å². The first-order valence-electron chi connectivity index (χ1n) is 10.3. The van der Waals surface area contributed by atoms with E-state index in [1.807, 2.05) is 24.3 Å². The summed E-state index contributed by atoms with van der Waals surface area (Å²) in [5, 5.41) is 2.97. The molecule has 7 nitrogen and oxygen atoms in total. The van der Waals surface area contributed by atoms with Gasteiger partial charge in [0.25, 0.3) is 0 Å². The van der Waals surface area contributed by atoms with Gasteiger partial charge in [0.15, 0.2) is 9.84 Å². The lowest BCUT2D eigenvalue weighted by molar-refractivity contribution is -0.121. The summed E-state index contributed by atoms with van der Waals surface area (Å²) < 4.78 is 25.2. The highest BCUT2D eigenvalue weighted by Crippen LogP contribution is 2.21. The average molecular weight is 421 g/mol. The van der Waals surface area contributed by atoms with Gasteiger partial charge in [-0.15, -0.1) is 0 Å². The maximum atomic E-state index is 12.5. The standard InChI is InChI=1S/C21H32N4O3S/c1-16-11-17(2)13-24(12-16)10-6-9-22-21(26)14-25-19-8-5-4-7-18(19)23-20(25)15-29(3,27)28/h4-5,7-8,16-17H,6,9-15H2,1-3H3,(H,22,26). The summed E-state index contributed by atoms with van der Waals surface area (Å²) in [6, 6.07) is 7.41. The Balaban J connectivity index is 1.56. The number of carbonyl (C=O) groups excluding carboxylic acids is 1. The van der Waals surface area contributed by atoms with Crippen LogP contribution in [-0.4, -0.2) is 61.2 Å². The summed E-state index contributed by atoms with van der Waals surface area (Å²) in [7, 11) is -3.25. The van der Waals surface area contributed by atoms with Crippen LogP contribution in [-0.2, 0) is 26.9 Å². The summed E-state index contributed by atoms with van der Waals surface area (Å²) in [4.78, 5) is 19.4. The smallest absolute Gasteiger partial charge is 0.240 e. The second kappa shape index (κ2) is 9.26. The van der Waals surface area contributed by atoms with E-state index in [1.165, 1.54) is 12.7 Å². The minimum Gasteiger partial charge on any atom is -0.355 e. The molecule has 1 aliphatic heterocycles. The van der Waals surface area contributed by atoms with Crippen molar-refractivity contribution in [1.82, 2.24) is 19.8 Å². The monoisotopic (exact) mass is 420 g/mol. The minimum atomic E-state index is -3.25. The van der Waals surface area contributed by atoms with Crippen molar-refractivity contribution < 1.29 is 13.2 Å². The van der Waals surface area contributed by atoms with Crippen molar-refractivity contribution in [2.45, 2.75) is 39.0 Å². The number of nitrogens with zero attached hydrogens (tertiary/aromatic N) is 3. The van der Waals surface area contributed by atoms with E-state index >= 15 is 0 Å². The molecule has 1 aromatic carbocycles. The number of aromatic nitrogens is 2. The number of para-hydroxylation sites is 2. The molecule has 0 spiro atoms. The number of benzene rings is 1. The van der Waals surface area contributed by atoms with E-state index in [2.05, 4.69) is 29.0 Å². The van der Waals surface area contributed by atoms with Crippen molar-refractivity contribution in [2.75, 3.05) is 32.4 Å². The predicted molar refractivity (Wildman–Crippen MR) is 115 cm³/mol. The number of piperidine rings is 1. The van der Waals surface area contributed by atoms with Crippen molar-refractivity contribution in [3.63, 3.8) is 0 Å². The molecule has 0 radical (unpaired) electrons. The topological polar surface area (TPSA) is 84.3 Å². The van der Waals surface area contributed by atoms with E-state index in [0.29, 0.717) is 17.9 Å². The molecule has 3 rings (SSSR count). The van der Waals surface area contributed by atoms with E-state index in [4.69, 9.17) is 0 Å². The molecule has 0 aliphatic carbocycles. The van der Waals surface area contributed by atoms with E-state index in [0.717, 1.165) is 43.4 Å². The normalized spacial score (nSPS) is 20.8. The van der Waals surface area contributed by atoms with Crippen LogP contribution in [0.5, 0.6) is 0 Å². The molecule has 0 bridgehead atoms. The summed E-state index contributed by atoms with van der Waals surface area (Å²) in [6.45, 7) is 8.54. The maximum Gasteiger partial charge on any atom is 0.240 e. The highest BCUT2D eigenvalue weighted by Gasteiger charge is 2.21. The van der Waals surface area contributed by atoms with Crippen molar-refractivity contribution in [2.24, 2.45) is 11.8 Å². The zero-order valence-electron chi connectivity index (χ0n) is 17.6. The molecule has 1 fully saturated rings. The third-order valence-electron chi connectivity index (χ3n) is 5.34. The number of nitrogens with one attached hydrogen (secondary N) is 1. The molecule has 2 unspecified atom stereocenters. The minimum absolute atomic E-state index is 0.0726. The number of imidazole rings is 1. The molecule has 1 N–H and O–H groups in total. The van der Waals surface area contributed by atoms with Crippen LogP contribution < -0.4 is 5.32 Å². The van der Waals surface area contributed by atoms with Crippen LogP contribution in [0.1, 0.15) is 32.5 Å². The molecule has 8 heteroatoms. The molecule has 2 heterocycles. The Bertz CT molecular complexity index is 944. The fourth-order valence-corrected chi connectivity index (χ4v) is 5.04. The molecule has 2 atom stereocenters. The Labute approximate surface area is 173 Å². The van der Waals surface area contributed by atoms with Gasteiger partial charge < -0.3 is 14.8 Å². The Kier molecular flexibility index (Phi) is 6.95. The largest absolute Gasteiger partial charge is 0.355 e. The molecule has 1 aromatic heterocycles. The number of amides is 1. The third-order valence-corrected chi connectivity index (χ3v) is 6.13. The van der Waals surface area contributed by atoms with Gasteiger partial charge in [-0.05, 0) is 43.4 Å². The van der Waals surface area contributed by atoms with Crippen LogP contribution in [0, 0.1) is 11.8 Å². The highest BCUT2D eigenvalue weighted by molar-refractivity contribution is 7.89. The van der Waals surface area contributed by atoms with E-state index < -0.39 is 9.84 Å². The first kappa shape index (κ1) is 21.8. The van der Waals surface area contributed by atoms with Crippen LogP contribution >= 0.6 is 0 Å². The van der Waals surface area contributed by atoms with E-state index in [9.17, 15) is 13.2 Å². The van der Waals surface area contributed by atoms with Gasteiger partial charge in [0.2, 0.25) is 5.91 Å². The second-order valence-electron chi connectivity index (χ2n) is 8.58. The quantitative estimate of drug-likeness (QED) is 0.661. The Morgan fingerprint density at radius 1 is 1.21 bits per heavy atom. The highest BCUT2D eigenvalue weighted by atomic mass is 32.2. The fraction of sp³-hybridized carbons (Fsp3) is 0.619. The molecule has 160 valence electrons. The Hall–Kier alpha value is -1.93. The van der Waals surface area contributed by atoms with Gasteiger partial charge >= 0.3 is 0 Å². The number of likely N-dealkylation sites (tertiary alicyclic amines) is 1. The van der Waals surface area contributed by atoms with Gasteiger partial charge in [0, 0.05) is 25.9 Å².